The maximum absolute atomic E-state index is 12.2. The monoisotopic (exact) mass is 394 g/mol. The Kier molecular flexibility index (Phi) is 4.07. The van der Waals surface area contributed by atoms with E-state index in [2.05, 4.69) is 29.8 Å². The number of fused-ring (bicyclic) bond motifs is 5. The van der Waals surface area contributed by atoms with E-state index in [-0.39, 0.29) is 10.2 Å². The fourth-order valence-electron chi connectivity index (χ4n) is 7.73. The van der Waals surface area contributed by atoms with Crippen LogP contribution in [0.2, 0.25) is 0 Å². The Bertz CT molecular complexity index is 572. The number of carbonyl (C=O) groups excluding carboxylic acids is 2. The van der Waals surface area contributed by atoms with Crippen LogP contribution in [-0.4, -0.2) is 16.4 Å². The summed E-state index contributed by atoms with van der Waals surface area (Å²) in [6.07, 6.45) is 9.16. The smallest absolute Gasteiger partial charge is 0.146 e. The zero-order valence-corrected chi connectivity index (χ0v) is 16.9. The lowest BCUT2D eigenvalue weighted by Gasteiger charge is -2.60. The van der Waals surface area contributed by atoms with E-state index in [1.54, 1.807) is 0 Å². The van der Waals surface area contributed by atoms with Crippen molar-refractivity contribution in [2.45, 2.75) is 77.0 Å². The Labute approximate surface area is 154 Å². The van der Waals surface area contributed by atoms with E-state index in [1.165, 1.54) is 32.1 Å². The Morgan fingerprint density at radius 1 is 1.04 bits per heavy atom. The van der Waals surface area contributed by atoms with Crippen molar-refractivity contribution in [3.8, 4) is 0 Å². The van der Waals surface area contributed by atoms with Gasteiger partial charge in [-0.15, -0.1) is 0 Å². The van der Waals surface area contributed by atoms with Gasteiger partial charge in [0.25, 0.3) is 0 Å². The van der Waals surface area contributed by atoms with Gasteiger partial charge in [-0.3, -0.25) is 9.59 Å². The zero-order valence-electron chi connectivity index (χ0n) is 15.3. The molecular formula is C21H31BrO2. The number of rotatable bonds is 1. The SMILES string of the molecule is CC(=O)C1CCC2C3CCC4CC(=O)C(Br)CC4(C)C3CCC12C. The van der Waals surface area contributed by atoms with Gasteiger partial charge in [0.1, 0.15) is 11.6 Å². The highest BCUT2D eigenvalue weighted by Gasteiger charge is 2.61. The first-order chi connectivity index (χ1) is 11.3. The molecule has 0 bridgehead atoms. The lowest BCUT2D eigenvalue weighted by molar-refractivity contribution is -0.142. The second-order valence-corrected chi connectivity index (χ2v) is 10.9. The Balaban J connectivity index is 1.64. The number of alkyl halides is 1. The molecule has 8 unspecified atom stereocenters. The van der Waals surface area contributed by atoms with Crippen LogP contribution in [0, 0.1) is 40.4 Å². The predicted molar refractivity (Wildman–Crippen MR) is 99.0 cm³/mol. The van der Waals surface area contributed by atoms with Gasteiger partial charge in [0.2, 0.25) is 0 Å². The van der Waals surface area contributed by atoms with E-state index in [1.807, 2.05) is 6.92 Å². The second kappa shape index (κ2) is 5.66. The lowest BCUT2D eigenvalue weighted by Crippen LogP contribution is -2.55. The maximum Gasteiger partial charge on any atom is 0.146 e. The summed E-state index contributed by atoms with van der Waals surface area (Å²) in [4.78, 5) is 24.5. The van der Waals surface area contributed by atoms with Crippen molar-refractivity contribution < 1.29 is 9.59 Å². The first-order valence-electron chi connectivity index (χ1n) is 9.94. The van der Waals surface area contributed by atoms with Crippen molar-refractivity contribution in [1.29, 1.82) is 0 Å². The van der Waals surface area contributed by atoms with Crippen LogP contribution in [0.4, 0.5) is 0 Å². The Morgan fingerprint density at radius 2 is 1.75 bits per heavy atom. The predicted octanol–water partition coefficient (Wildman–Crippen LogP) is 5.18. The minimum atomic E-state index is 0.0688. The van der Waals surface area contributed by atoms with Gasteiger partial charge < -0.3 is 0 Å². The highest BCUT2D eigenvalue weighted by molar-refractivity contribution is 9.10. The molecule has 24 heavy (non-hydrogen) atoms. The van der Waals surface area contributed by atoms with Crippen molar-refractivity contribution in [2.24, 2.45) is 40.4 Å². The first kappa shape index (κ1) is 17.2. The van der Waals surface area contributed by atoms with E-state index in [0.717, 1.165) is 37.0 Å². The van der Waals surface area contributed by atoms with Crippen molar-refractivity contribution in [3.05, 3.63) is 0 Å². The van der Waals surface area contributed by atoms with Gasteiger partial charge in [-0.1, -0.05) is 29.8 Å². The summed E-state index contributed by atoms with van der Waals surface area (Å²) in [6, 6.07) is 0. The number of hydrogen-bond donors (Lipinski definition) is 0. The molecule has 0 aliphatic heterocycles. The molecule has 0 aromatic carbocycles. The minimum Gasteiger partial charge on any atom is -0.300 e. The van der Waals surface area contributed by atoms with Gasteiger partial charge in [0, 0.05) is 12.3 Å². The molecule has 2 nitrogen and oxygen atoms in total. The number of carbonyl (C=O) groups is 2. The summed E-state index contributed by atoms with van der Waals surface area (Å²) < 4.78 is 0. The summed E-state index contributed by atoms with van der Waals surface area (Å²) in [6.45, 7) is 6.71. The van der Waals surface area contributed by atoms with Gasteiger partial charge in [0.05, 0.1) is 4.83 Å². The Hall–Kier alpha value is -0.180. The number of halogens is 1. The van der Waals surface area contributed by atoms with Crippen molar-refractivity contribution in [2.75, 3.05) is 0 Å². The summed E-state index contributed by atoms with van der Waals surface area (Å²) >= 11 is 3.67. The quantitative estimate of drug-likeness (QED) is 0.574. The fourth-order valence-corrected chi connectivity index (χ4v) is 8.61. The molecule has 0 aromatic heterocycles. The van der Waals surface area contributed by atoms with E-state index < -0.39 is 0 Å². The molecule has 0 spiro atoms. The van der Waals surface area contributed by atoms with Gasteiger partial charge in [-0.2, -0.15) is 0 Å². The maximum atomic E-state index is 12.2. The molecule has 0 heterocycles. The molecule has 4 aliphatic carbocycles. The largest absolute Gasteiger partial charge is 0.300 e. The topological polar surface area (TPSA) is 34.1 Å². The third-order valence-electron chi connectivity index (χ3n) is 8.97. The van der Waals surface area contributed by atoms with Crippen LogP contribution in [-0.2, 0) is 9.59 Å². The molecule has 0 radical (unpaired) electrons. The van der Waals surface area contributed by atoms with Crippen LogP contribution in [0.15, 0.2) is 0 Å². The molecule has 134 valence electrons. The van der Waals surface area contributed by atoms with E-state index in [9.17, 15) is 9.59 Å². The first-order valence-corrected chi connectivity index (χ1v) is 10.9. The molecule has 4 aliphatic rings. The normalized spacial score (nSPS) is 53.9. The number of Topliss-reactive ketones (excluding diaryl/α,β-unsaturated/α-hetero) is 2. The van der Waals surface area contributed by atoms with Crippen LogP contribution in [0.25, 0.3) is 0 Å². The fraction of sp³-hybridized carbons (Fsp3) is 0.905. The molecule has 4 rings (SSSR count). The van der Waals surface area contributed by atoms with Crippen molar-refractivity contribution in [3.63, 3.8) is 0 Å². The summed E-state index contributed by atoms with van der Waals surface area (Å²) in [5.74, 6) is 4.00. The van der Waals surface area contributed by atoms with E-state index in [4.69, 9.17) is 0 Å². The molecule has 0 amide bonds. The zero-order chi connectivity index (χ0) is 17.3. The van der Waals surface area contributed by atoms with Crippen LogP contribution < -0.4 is 0 Å². The van der Waals surface area contributed by atoms with Gasteiger partial charge in [-0.25, -0.2) is 0 Å². The second-order valence-electron chi connectivity index (χ2n) is 9.78. The van der Waals surface area contributed by atoms with Crippen molar-refractivity contribution in [1.82, 2.24) is 0 Å². The van der Waals surface area contributed by atoms with Crippen LogP contribution in [0.5, 0.6) is 0 Å². The molecule has 4 fully saturated rings. The van der Waals surface area contributed by atoms with Gasteiger partial charge in [0.15, 0.2) is 0 Å². The molecule has 0 saturated heterocycles. The lowest BCUT2D eigenvalue weighted by atomic mass is 9.44. The molecule has 0 aromatic rings. The number of hydrogen-bond acceptors (Lipinski definition) is 2. The van der Waals surface area contributed by atoms with Gasteiger partial charge >= 0.3 is 0 Å². The summed E-state index contributed by atoms with van der Waals surface area (Å²) in [5.41, 5.74) is 0.565. The third-order valence-corrected chi connectivity index (χ3v) is 9.81. The van der Waals surface area contributed by atoms with Crippen LogP contribution >= 0.6 is 15.9 Å². The Morgan fingerprint density at radius 3 is 2.46 bits per heavy atom. The van der Waals surface area contributed by atoms with E-state index in [0.29, 0.717) is 28.8 Å². The minimum absolute atomic E-state index is 0.0688. The van der Waals surface area contributed by atoms with E-state index >= 15 is 0 Å². The summed E-state index contributed by atoms with van der Waals surface area (Å²) in [7, 11) is 0. The highest BCUT2D eigenvalue weighted by atomic mass is 79.9. The van der Waals surface area contributed by atoms with Gasteiger partial charge in [-0.05, 0) is 86.4 Å². The molecular weight excluding hydrogens is 364 g/mol. The average molecular weight is 395 g/mol. The average Bonchev–Trinajstić information content (AvgIpc) is 2.86. The van der Waals surface area contributed by atoms with Crippen molar-refractivity contribution >= 4 is 27.5 Å². The van der Waals surface area contributed by atoms with Crippen LogP contribution in [0.3, 0.4) is 0 Å². The van der Waals surface area contributed by atoms with Crippen LogP contribution in [0.1, 0.15) is 72.1 Å². The molecule has 8 atom stereocenters. The highest BCUT2D eigenvalue weighted by Crippen LogP contribution is 2.67. The third kappa shape index (κ3) is 2.25. The number of ketones is 2. The standard InChI is InChI=1S/C21H31BrO2/c1-12(23)15-6-7-16-14-5-4-13-10-19(24)18(22)11-21(13,3)17(14)8-9-20(15,16)2/h13-18H,4-11H2,1-3H3. The molecule has 0 N–H and O–H groups in total. The summed E-state index contributed by atoms with van der Waals surface area (Å²) in [5, 5.41) is 0. The molecule has 3 heteroatoms. The molecule has 4 saturated carbocycles.